The normalized spacial score (nSPS) is 11.2. The van der Waals surface area contributed by atoms with E-state index in [2.05, 4.69) is 0 Å². The summed E-state index contributed by atoms with van der Waals surface area (Å²) in [5.74, 6) is 0.0119. The summed E-state index contributed by atoms with van der Waals surface area (Å²) in [7, 11) is 4.56. The topological polar surface area (TPSA) is 63.7 Å². The van der Waals surface area contributed by atoms with Crippen LogP contribution in [0.4, 0.5) is 0 Å². The van der Waals surface area contributed by atoms with Crippen LogP contribution >= 0.6 is 10.7 Å². The summed E-state index contributed by atoms with van der Waals surface area (Å²) in [6, 6.07) is 4.00. The molecule has 0 saturated carbocycles. The third-order valence-corrected chi connectivity index (χ3v) is 3.68. The molecule has 0 aliphatic carbocycles. The van der Waals surface area contributed by atoms with E-state index in [0.29, 0.717) is 12.4 Å². The molecule has 0 aliphatic rings. The first-order valence-electron chi connectivity index (χ1n) is 5.70. The fraction of sp³-hybridized carbons (Fsp3) is 0.417. The van der Waals surface area contributed by atoms with Crippen molar-refractivity contribution in [1.82, 2.24) is 4.90 Å². The van der Waals surface area contributed by atoms with E-state index in [1.807, 2.05) is 6.92 Å². The summed E-state index contributed by atoms with van der Waals surface area (Å²) in [5.41, 5.74) is 0.181. The molecule has 0 N–H and O–H groups in total. The molecule has 0 aliphatic heterocycles. The molecule has 0 spiro atoms. The van der Waals surface area contributed by atoms with Crippen LogP contribution in [0.3, 0.4) is 0 Å². The summed E-state index contributed by atoms with van der Waals surface area (Å²) in [5, 5.41) is 0. The van der Waals surface area contributed by atoms with Gasteiger partial charge in [0.05, 0.1) is 17.1 Å². The smallest absolute Gasteiger partial charge is 0.261 e. The lowest BCUT2D eigenvalue weighted by Gasteiger charge is -2.15. The predicted octanol–water partition coefficient (Wildman–Crippen LogP) is 2.10. The molecular formula is C12H16ClNO4S. The quantitative estimate of drug-likeness (QED) is 0.782. The molecular weight excluding hydrogens is 290 g/mol. The Morgan fingerprint density at radius 2 is 2.00 bits per heavy atom. The van der Waals surface area contributed by atoms with Crippen molar-refractivity contribution in [3.05, 3.63) is 23.8 Å². The van der Waals surface area contributed by atoms with Gasteiger partial charge in [0.2, 0.25) is 0 Å². The molecule has 1 amide bonds. The van der Waals surface area contributed by atoms with E-state index in [4.69, 9.17) is 15.4 Å². The van der Waals surface area contributed by atoms with Gasteiger partial charge in [0, 0.05) is 24.8 Å². The Kier molecular flexibility index (Phi) is 5.20. The van der Waals surface area contributed by atoms with Gasteiger partial charge in [-0.1, -0.05) is 6.92 Å². The molecule has 19 heavy (non-hydrogen) atoms. The highest BCUT2D eigenvalue weighted by atomic mass is 35.7. The van der Waals surface area contributed by atoms with Crippen LogP contribution in [0.1, 0.15) is 23.7 Å². The molecule has 1 aromatic rings. The van der Waals surface area contributed by atoms with Gasteiger partial charge in [-0.05, 0) is 24.6 Å². The van der Waals surface area contributed by atoms with Crippen LogP contribution in [0.5, 0.6) is 5.75 Å². The minimum absolute atomic E-state index is 0.122. The van der Waals surface area contributed by atoms with Crippen LogP contribution in [0.15, 0.2) is 23.1 Å². The molecule has 1 aromatic carbocycles. The van der Waals surface area contributed by atoms with E-state index >= 15 is 0 Å². The maximum Gasteiger partial charge on any atom is 0.261 e. The highest BCUT2D eigenvalue weighted by molar-refractivity contribution is 8.13. The Morgan fingerprint density at radius 3 is 2.47 bits per heavy atom. The number of rotatable bonds is 5. The Balaban J connectivity index is 3.30. The highest BCUT2D eigenvalue weighted by Gasteiger charge is 2.19. The number of hydrogen-bond donors (Lipinski definition) is 0. The fourth-order valence-electron chi connectivity index (χ4n) is 1.41. The Morgan fingerprint density at radius 1 is 1.37 bits per heavy atom. The van der Waals surface area contributed by atoms with Gasteiger partial charge in [0.1, 0.15) is 5.75 Å². The lowest BCUT2D eigenvalue weighted by Crippen LogP contribution is -2.22. The second kappa shape index (κ2) is 6.25. The van der Waals surface area contributed by atoms with Crippen molar-refractivity contribution in [3.63, 3.8) is 0 Å². The van der Waals surface area contributed by atoms with Gasteiger partial charge in [-0.3, -0.25) is 4.79 Å². The van der Waals surface area contributed by atoms with Crippen molar-refractivity contribution < 1.29 is 17.9 Å². The lowest BCUT2D eigenvalue weighted by molar-refractivity contribution is 0.0823. The van der Waals surface area contributed by atoms with Crippen LogP contribution < -0.4 is 4.74 Å². The van der Waals surface area contributed by atoms with Crippen LogP contribution in [0, 0.1) is 0 Å². The maximum atomic E-state index is 12.0. The summed E-state index contributed by atoms with van der Waals surface area (Å²) in [4.78, 5) is 13.2. The summed E-state index contributed by atoms with van der Waals surface area (Å²) < 4.78 is 28.0. The summed E-state index contributed by atoms with van der Waals surface area (Å²) >= 11 is 0. The van der Waals surface area contributed by atoms with Crippen LogP contribution in [-0.4, -0.2) is 39.9 Å². The fourth-order valence-corrected chi connectivity index (χ4v) is 2.18. The van der Waals surface area contributed by atoms with Gasteiger partial charge < -0.3 is 9.64 Å². The van der Waals surface area contributed by atoms with Gasteiger partial charge in [0.15, 0.2) is 0 Å². The maximum absolute atomic E-state index is 12.0. The standard InChI is InChI=1S/C12H16ClNO4S/c1-4-7-18-11-6-5-9(19(13,16)17)8-10(11)12(15)14(2)3/h5-6,8H,4,7H2,1-3H3. The van der Waals surface area contributed by atoms with Gasteiger partial charge in [-0.15, -0.1) is 0 Å². The van der Waals surface area contributed by atoms with E-state index in [9.17, 15) is 13.2 Å². The van der Waals surface area contributed by atoms with Gasteiger partial charge >= 0.3 is 0 Å². The lowest BCUT2D eigenvalue weighted by atomic mass is 10.2. The zero-order chi connectivity index (χ0) is 14.6. The van der Waals surface area contributed by atoms with Crippen LogP contribution in [-0.2, 0) is 9.05 Å². The molecule has 7 heteroatoms. The third kappa shape index (κ3) is 4.11. The number of nitrogens with zero attached hydrogens (tertiary/aromatic N) is 1. The Hall–Kier alpha value is -1.27. The van der Waals surface area contributed by atoms with Crippen LogP contribution in [0.25, 0.3) is 0 Å². The highest BCUT2D eigenvalue weighted by Crippen LogP contribution is 2.25. The molecule has 1 rings (SSSR count). The number of benzene rings is 1. The van der Waals surface area contributed by atoms with Crippen molar-refractivity contribution in [1.29, 1.82) is 0 Å². The predicted molar refractivity (Wildman–Crippen MR) is 73.3 cm³/mol. The number of amides is 1. The number of hydrogen-bond acceptors (Lipinski definition) is 4. The molecule has 0 aromatic heterocycles. The third-order valence-electron chi connectivity index (χ3n) is 2.33. The second-order valence-electron chi connectivity index (χ2n) is 4.14. The van der Waals surface area contributed by atoms with E-state index in [1.165, 1.54) is 23.1 Å². The first kappa shape index (κ1) is 15.8. The molecule has 0 fully saturated rings. The zero-order valence-corrected chi connectivity index (χ0v) is 12.6. The molecule has 0 atom stereocenters. The minimum atomic E-state index is -3.88. The summed E-state index contributed by atoms with van der Waals surface area (Å²) in [6.07, 6.45) is 0.783. The average Bonchev–Trinajstić information content (AvgIpc) is 2.33. The molecule has 0 radical (unpaired) electrons. The Labute approximate surface area is 117 Å². The number of carbonyl (C=O) groups excluding carboxylic acids is 1. The Bertz CT molecular complexity index is 569. The van der Waals surface area contributed by atoms with Crippen molar-refractivity contribution in [3.8, 4) is 5.75 Å². The second-order valence-corrected chi connectivity index (χ2v) is 6.71. The largest absolute Gasteiger partial charge is 0.493 e. The zero-order valence-electron chi connectivity index (χ0n) is 11.0. The SMILES string of the molecule is CCCOc1ccc(S(=O)(=O)Cl)cc1C(=O)N(C)C. The number of halogens is 1. The first-order chi connectivity index (χ1) is 8.77. The minimum Gasteiger partial charge on any atom is -0.493 e. The summed E-state index contributed by atoms with van der Waals surface area (Å²) in [6.45, 7) is 2.38. The van der Waals surface area contributed by atoms with Gasteiger partial charge in [0.25, 0.3) is 15.0 Å². The molecule has 5 nitrogen and oxygen atoms in total. The van der Waals surface area contributed by atoms with Crippen molar-refractivity contribution >= 4 is 25.6 Å². The van der Waals surface area contributed by atoms with Gasteiger partial charge in [-0.25, -0.2) is 8.42 Å². The monoisotopic (exact) mass is 305 g/mol. The van der Waals surface area contributed by atoms with Crippen molar-refractivity contribution in [2.75, 3.05) is 20.7 Å². The first-order valence-corrected chi connectivity index (χ1v) is 8.01. The van der Waals surface area contributed by atoms with E-state index in [0.717, 1.165) is 6.42 Å². The van der Waals surface area contributed by atoms with Crippen LogP contribution in [0.2, 0.25) is 0 Å². The van der Waals surface area contributed by atoms with E-state index in [-0.39, 0.29) is 16.4 Å². The number of carbonyl (C=O) groups is 1. The average molecular weight is 306 g/mol. The van der Waals surface area contributed by atoms with Gasteiger partial charge in [-0.2, -0.15) is 0 Å². The van der Waals surface area contributed by atoms with E-state index < -0.39 is 9.05 Å². The molecule has 0 saturated heterocycles. The van der Waals surface area contributed by atoms with Crippen molar-refractivity contribution in [2.24, 2.45) is 0 Å². The molecule has 0 bridgehead atoms. The molecule has 0 heterocycles. The van der Waals surface area contributed by atoms with E-state index in [1.54, 1.807) is 14.1 Å². The molecule has 0 unspecified atom stereocenters. The molecule has 106 valence electrons. The van der Waals surface area contributed by atoms with Crippen molar-refractivity contribution in [2.45, 2.75) is 18.2 Å². The number of ether oxygens (including phenoxy) is 1.